The molecule has 2 bridgehead atoms. The molecule has 1 N–H and O–H groups in total. The Morgan fingerprint density at radius 3 is 2.56 bits per heavy atom. The van der Waals surface area contributed by atoms with Gasteiger partial charge in [0.1, 0.15) is 17.7 Å². The van der Waals surface area contributed by atoms with Gasteiger partial charge in [-0.3, -0.25) is 4.57 Å². The van der Waals surface area contributed by atoms with Crippen LogP contribution >= 0.6 is 11.8 Å². The van der Waals surface area contributed by atoms with Gasteiger partial charge in [0.15, 0.2) is 5.82 Å². The van der Waals surface area contributed by atoms with Crippen molar-refractivity contribution in [3.63, 3.8) is 0 Å². The van der Waals surface area contributed by atoms with Crippen molar-refractivity contribution in [3.05, 3.63) is 5.69 Å². The van der Waals surface area contributed by atoms with E-state index < -0.39 is 0 Å². The van der Waals surface area contributed by atoms with Crippen LogP contribution in [0.5, 0.6) is 0 Å². The summed E-state index contributed by atoms with van der Waals surface area (Å²) in [4.78, 5) is 17.3. The van der Waals surface area contributed by atoms with E-state index in [2.05, 4.69) is 54.2 Å². The summed E-state index contributed by atoms with van der Waals surface area (Å²) >= 11 is 6.15. The molecule has 2 saturated carbocycles. The first-order valence-electron chi connectivity index (χ1n) is 9.39. The molecule has 2 heterocycles. The minimum Gasteiger partial charge on any atom is -0.343 e. The van der Waals surface area contributed by atoms with Crippen molar-refractivity contribution in [2.45, 2.75) is 51.7 Å². The third-order valence-corrected chi connectivity index (χ3v) is 6.77. The fraction of sp³-hybridized carbons (Fsp3) is 0.778. The number of imidazole rings is 1. The predicted octanol–water partition coefficient (Wildman–Crippen LogP) is 3.42. The SMILES string of the molecule is CC(C)N(C)c1nc2c(n1C)N=C(C1CC3CCC1C3)N(C)C2NCl. The molecular weight excluding hydrogens is 336 g/mol. The monoisotopic (exact) mass is 364 g/mol. The van der Waals surface area contributed by atoms with Crippen molar-refractivity contribution in [3.8, 4) is 0 Å². The first kappa shape index (κ1) is 17.2. The lowest BCUT2D eigenvalue weighted by atomic mass is 9.87. The average Bonchev–Trinajstić information content (AvgIpc) is 3.28. The third kappa shape index (κ3) is 2.56. The van der Waals surface area contributed by atoms with Crippen LogP contribution in [0.3, 0.4) is 0 Å². The Kier molecular flexibility index (Phi) is 4.23. The molecule has 1 aromatic rings. The Morgan fingerprint density at radius 2 is 2.00 bits per heavy atom. The molecule has 0 spiro atoms. The Bertz CT molecular complexity index is 696. The zero-order valence-corrected chi connectivity index (χ0v) is 16.6. The van der Waals surface area contributed by atoms with Crippen LogP contribution in [0.4, 0.5) is 11.8 Å². The van der Waals surface area contributed by atoms with Gasteiger partial charge in [-0.25, -0.2) is 14.8 Å². The lowest BCUT2D eigenvalue weighted by Crippen LogP contribution is -2.43. The number of anilines is 1. The highest BCUT2D eigenvalue weighted by Crippen LogP contribution is 2.51. The summed E-state index contributed by atoms with van der Waals surface area (Å²) in [7, 11) is 6.22. The summed E-state index contributed by atoms with van der Waals surface area (Å²) in [5.74, 6) is 5.30. The summed E-state index contributed by atoms with van der Waals surface area (Å²) in [5, 5.41) is 0. The van der Waals surface area contributed by atoms with E-state index in [0.717, 1.165) is 29.3 Å². The van der Waals surface area contributed by atoms with E-state index in [4.69, 9.17) is 21.8 Å². The predicted molar refractivity (Wildman–Crippen MR) is 102 cm³/mol. The van der Waals surface area contributed by atoms with E-state index in [1.54, 1.807) is 0 Å². The summed E-state index contributed by atoms with van der Waals surface area (Å²) in [6.07, 6.45) is 5.25. The van der Waals surface area contributed by atoms with Gasteiger partial charge in [-0.15, -0.1) is 0 Å². The van der Waals surface area contributed by atoms with Crippen LogP contribution in [0.15, 0.2) is 4.99 Å². The van der Waals surface area contributed by atoms with E-state index in [-0.39, 0.29) is 6.17 Å². The smallest absolute Gasteiger partial charge is 0.207 e. The van der Waals surface area contributed by atoms with Gasteiger partial charge >= 0.3 is 0 Å². The summed E-state index contributed by atoms with van der Waals surface area (Å²) < 4.78 is 2.11. The van der Waals surface area contributed by atoms with Crippen molar-refractivity contribution in [2.24, 2.45) is 29.8 Å². The molecule has 138 valence electrons. The summed E-state index contributed by atoms with van der Waals surface area (Å²) in [5.41, 5.74) is 0.911. The highest BCUT2D eigenvalue weighted by Gasteiger charge is 2.45. The first-order valence-corrected chi connectivity index (χ1v) is 9.77. The highest BCUT2D eigenvalue weighted by molar-refractivity contribution is 6.13. The first-order chi connectivity index (χ1) is 11.9. The summed E-state index contributed by atoms with van der Waals surface area (Å²) in [6, 6.07) is 0.372. The molecule has 4 rings (SSSR count). The number of amidine groups is 1. The fourth-order valence-electron chi connectivity index (χ4n) is 4.89. The highest BCUT2D eigenvalue weighted by atomic mass is 35.5. The number of hydrogen-bond donors (Lipinski definition) is 1. The second-order valence-electron chi connectivity index (χ2n) is 8.26. The Morgan fingerprint density at radius 1 is 1.24 bits per heavy atom. The van der Waals surface area contributed by atoms with Crippen LogP contribution in [0.2, 0.25) is 0 Å². The zero-order chi connectivity index (χ0) is 17.9. The van der Waals surface area contributed by atoms with Crippen LogP contribution < -0.4 is 9.74 Å². The zero-order valence-electron chi connectivity index (χ0n) is 15.8. The van der Waals surface area contributed by atoms with E-state index >= 15 is 0 Å². The number of halogens is 1. The standard InChI is InChI=1S/C18H29ClN6/c1-10(2)23(3)18-20-14-16(25(18)5)21-15(24(4)17(14)22-19)13-9-11-6-7-12(13)8-11/h10-13,17,22H,6-9H2,1-5H3. The maximum atomic E-state index is 6.15. The Labute approximate surface area is 155 Å². The van der Waals surface area contributed by atoms with Crippen molar-refractivity contribution in [1.29, 1.82) is 0 Å². The maximum absolute atomic E-state index is 6.15. The Balaban J connectivity index is 1.77. The second kappa shape index (κ2) is 6.16. The third-order valence-electron chi connectivity index (χ3n) is 6.56. The molecule has 4 unspecified atom stereocenters. The van der Waals surface area contributed by atoms with Crippen LogP contribution in [-0.4, -0.2) is 40.4 Å². The molecule has 0 saturated heterocycles. The van der Waals surface area contributed by atoms with Gasteiger partial charge in [-0.2, -0.15) is 0 Å². The summed E-state index contributed by atoms with van der Waals surface area (Å²) in [6.45, 7) is 4.34. The number of rotatable bonds is 4. The largest absolute Gasteiger partial charge is 0.343 e. The van der Waals surface area contributed by atoms with Crippen LogP contribution in [-0.2, 0) is 7.05 Å². The lowest BCUT2D eigenvalue weighted by molar-refractivity contribution is 0.302. The minimum absolute atomic E-state index is 0.135. The number of aliphatic imine (C=N–C) groups is 1. The Hall–Kier alpha value is -1.27. The average molecular weight is 365 g/mol. The molecule has 7 heteroatoms. The molecule has 1 aliphatic heterocycles. The molecule has 0 aromatic carbocycles. The number of hydrogen-bond acceptors (Lipinski definition) is 5. The van der Waals surface area contributed by atoms with E-state index in [1.807, 2.05) is 0 Å². The van der Waals surface area contributed by atoms with Gasteiger partial charge in [-0.1, -0.05) is 6.42 Å². The minimum atomic E-state index is -0.135. The van der Waals surface area contributed by atoms with E-state index in [9.17, 15) is 0 Å². The molecule has 3 aliphatic rings. The molecule has 0 amide bonds. The van der Waals surface area contributed by atoms with Gasteiger partial charge in [0.05, 0.1) is 0 Å². The molecular formula is C18H29ClN6. The normalized spacial score (nSPS) is 30.8. The van der Waals surface area contributed by atoms with E-state index in [1.165, 1.54) is 31.5 Å². The van der Waals surface area contributed by atoms with Crippen LogP contribution in [0.1, 0.15) is 51.4 Å². The van der Waals surface area contributed by atoms with Gasteiger partial charge < -0.3 is 9.80 Å². The van der Waals surface area contributed by atoms with Crippen molar-refractivity contribution < 1.29 is 0 Å². The van der Waals surface area contributed by atoms with E-state index in [0.29, 0.717) is 12.0 Å². The molecule has 2 fully saturated rings. The fourth-order valence-corrected chi connectivity index (χ4v) is 5.14. The molecule has 0 radical (unpaired) electrons. The molecule has 4 atom stereocenters. The molecule has 6 nitrogen and oxygen atoms in total. The second-order valence-corrected chi connectivity index (χ2v) is 8.48. The number of aromatic nitrogens is 2. The quantitative estimate of drug-likeness (QED) is 0.832. The van der Waals surface area contributed by atoms with Crippen LogP contribution in [0, 0.1) is 17.8 Å². The number of nitrogens with zero attached hydrogens (tertiary/aromatic N) is 5. The van der Waals surface area contributed by atoms with Gasteiger partial charge in [0, 0.05) is 33.1 Å². The lowest BCUT2D eigenvalue weighted by Gasteiger charge is -2.37. The van der Waals surface area contributed by atoms with Crippen LogP contribution in [0.25, 0.3) is 0 Å². The van der Waals surface area contributed by atoms with Gasteiger partial charge in [-0.05, 0) is 56.7 Å². The van der Waals surface area contributed by atoms with Crippen molar-refractivity contribution in [2.75, 3.05) is 19.0 Å². The maximum Gasteiger partial charge on any atom is 0.207 e. The van der Waals surface area contributed by atoms with Gasteiger partial charge in [0.2, 0.25) is 5.95 Å². The van der Waals surface area contributed by atoms with Crippen molar-refractivity contribution >= 4 is 29.4 Å². The molecule has 1 aromatic heterocycles. The van der Waals surface area contributed by atoms with Crippen molar-refractivity contribution in [1.82, 2.24) is 19.3 Å². The number of fused-ring (bicyclic) bond motifs is 3. The topological polar surface area (TPSA) is 48.7 Å². The molecule has 25 heavy (non-hydrogen) atoms. The number of nitrogens with one attached hydrogen (secondary N) is 1. The van der Waals surface area contributed by atoms with Gasteiger partial charge in [0.25, 0.3) is 0 Å². The molecule has 2 aliphatic carbocycles.